The van der Waals surface area contributed by atoms with Crippen molar-refractivity contribution < 1.29 is 4.79 Å². The van der Waals surface area contributed by atoms with Gasteiger partial charge in [-0.3, -0.25) is 9.69 Å². The number of thiazole rings is 1. The van der Waals surface area contributed by atoms with Crippen LogP contribution in [-0.2, 0) is 4.79 Å². The van der Waals surface area contributed by atoms with Crippen molar-refractivity contribution in [1.29, 1.82) is 0 Å². The summed E-state index contributed by atoms with van der Waals surface area (Å²) >= 11 is 1.84. The highest BCUT2D eigenvalue weighted by molar-refractivity contribution is 7.18. The first-order valence-electron chi connectivity index (χ1n) is 10.3. The topological polar surface area (TPSA) is 39.7 Å². The Morgan fingerprint density at radius 2 is 1.85 bits per heavy atom. The van der Waals surface area contributed by atoms with E-state index in [0.29, 0.717) is 11.8 Å². The molecule has 4 rings (SSSR count). The van der Waals surface area contributed by atoms with Gasteiger partial charge in [-0.15, -0.1) is 11.3 Å². The lowest BCUT2D eigenvalue weighted by molar-refractivity contribution is -0.138. The highest BCUT2D eigenvalue weighted by Crippen LogP contribution is 2.34. The van der Waals surface area contributed by atoms with Gasteiger partial charge in [-0.2, -0.15) is 0 Å². The molecule has 0 spiro atoms. The number of piperidine rings is 1. The quantitative estimate of drug-likeness (QED) is 0.810. The SMILES string of the molecule is CCN1CCN(C(=O)[C@@H](C)N2CCC(c3nc4ccccc4s3)CC2)CC1. The molecule has 1 atom stereocenters. The van der Waals surface area contributed by atoms with Crippen LogP contribution in [0.4, 0.5) is 0 Å². The van der Waals surface area contributed by atoms with E-state index in [1.165, 1.54) is 9.71 Å². The molecule has 2 aliphatic heterocycles. The third kappa shape index (κ3) is 4.03. The average Bonchev–Trinajstić information content (AvgIpc) is 3.17. The molecule has 0 saturated carbocycles. The van der Waals surface area contributed by atoms with Gasteiger partial charge in [-0.05, 0) is 51.5 Å². The maximum absolute atomic E-state index is 12.9. The van der Waals surface area contributed by atoms with E-state index < -0.39 is 0 Å². The number of para-hydroxylation sites is 1. The second-order valence-electron chi connectivity index (χ2n) is 7.77. The number of carbonyl (C=O) groups is 1. The summed E-state index contributed by atoms with van der Waals surface area (Å²) in [7, 11) is 0. The number of amides is 1. The van der Waals surface area contributed by atoms with Gasteiger partial charge in [-0.25, -0.2) is 4.98 Å². The van der Waals surface area contributed by atoms with Crippen LogP contribution in [0.2, 0.25) is 0 Å². The number of likely N-dealkylation sites (N-methyl/N-ethyl adjacent to an activating group) is 1. The number of carbonyl (C=O) groups excluding carboxylic acids is 1. The van der Waals surface area contributed by atoms with Crippen molar-refractivity contribution in [3.8, 4) is 0 Å². The summed E-state index contributed by atoms with van der Waals surface area (Å²) in [5, 5.41) is 1.27. The van der Waals surface area contributed by atoms with Crippen molar-refractivity contribution in [2.75, 3.05) is 45.8 Å². The Morgan fingerprint density at radius 3 is 2.52 bits per heavy atom. The molecule has 2 aliphatic rings. The monoisotopic (exact) mass is 386 g/mol. The molecular formula is C21H30N4OS. The van der Waals surface area contributed by atoms with Crippen LogP contribution in [0.5, 0.6) is 0 Å². The highest BCUT2D eigenvalue weighted by Gasteiger charge is 2.31. The predicted octanol–water partition coefficient (Wildman–Crippen LogP) is 3.03. The number of hydrogen-bond donors (Lipinski definition) is 0. The van der Waals surface area contributed by atoms with Crippen molar-refractivity contribution in [2.45, 2.75) is 38.6 Å². The number of likely N-dealkylation sites (tertiary alicyclic amines) is 1. The fourth-order valence-corrected chi connectivity index (χ4v) is 5.44. The molecule has 1 amide bonds. The van der Waals surface area contributed by atoms with Crippen LogP contribution in [0.3, 0.4) is 0 Å². The Hall–Kier alpha value is -1.50. The zero-order chi connectivity index (χ0) is 18.8. The van der Waals surface area contributed by atoms with Crippen LogP contribution in [0, 0.1) is 0 Å². The van der Waals surface area contributed by atoms with Crippen LogP contribution >= 0.6 is 11.3 Å². The molecule has 0 unspecified atom stereocenters. The van der Waals surface area contributed by atoms with E-state index in [-0.39, 0.29) is 6.04 Å². The molecule has 6 heteroatoms. The zero-order valence-electron chi connectivity index (χ0n) is 16.4. The summed E-state index contributed by atoms with van der Waals surface area (Å²) in [6.45, 7) is 11.1. The van der Waals surface area contributed by atoms with E-state index in [4.69, 9.17) is 4.98 Å². The van der Waals surface area contributed by atoms with E-state index in [0.717, 1.165) is 64.2 Å². The minimum atomic E-state index is -0.00510. The smallest absolute Gasteiger partial charge is 0.239 e. The molecule has 1 aromatic carbocycles. The lowest BCUT2D eigenvalue weighted by Crippen LogP contribution is -2.55. The van der Waals surface area contributed by atoms with Crippen LogP contribution in [-0.4, -0.2) is 77.4 Å². The molecule has 2 saturated heterocycles. The van der Waals surface area contributed by atoms with Gasteiger partial charge in [0.1, 0.15) is 0 Å². The molecule has 0 aliphatic carbocycles. The van der Waals surface area contributed by atoms with Gasteiger partial charge >= 0.3 is 0 Å². The minimum Gasteiger partial charge on any atom is -0.339 e. The minimum absolute atomic E-state index is 0.00510. The summed E-state index contributed by atoms with van der Waals surface area (Å²) in [4.78, 5) is 24.6. The van der Waals surface area contributed by atoms with Gasteiger partial charge in [0.05, 0.1) is 21.3 Å². The van der Waals surface area contributed by atoms with Gasteiger partial charge < -0.3 is 9.80 Å². The van der Waals surface area contributed by atoms with Crippen molar-refractivity contribution in [3.05, 3.63) is 29.3 Å². The largest absolute Gasteiger partial charge is 0.339 e. The summed E-state index contributed by atoms with van der Waals surface area (Å²) in [6, 6.07) is 8.39. The predicted molar refractivity (Wildman–Crippen MR) is 111 cm³/mol. The number of piperazine rings is 1. The summed E-state index contributed by atoms with van der Waals surface area (Å²) in [5.41, 5.74) is 1.12. The van der Waals surface area contributed by atoms with Gasteiger partial charge in [0.25, 0.3) is 0 Å². The maximum Gasteiger partial charge on any atom is 0.239 e. The third-order valence-corrected chi connectivity index (χ3v) is 7.42. The second-order valence-corrected chi connectivity index (χ2v) is 8.83. The Bertz CT molecular complexity index is 742. The molecule has 3 heterocycles. The molecule has 2 aromatic rings. The number of fused-ring (bicyclic) bond motifs is 1. The van der Waals surface area contributed by atoms with E-state index in [1.807, 2.05) is 11.3 Å². The van der Waals surface area contributed by atoms with Crippen LogP contribution in [0.25, 0.3) is 10.2 Å². The number of rotatable bonds is 4. The summed E-state index contributed by atoms with van der Waals surface area (Å²) in [6.07, 6.45) is 2.20. The first-order chi connectivity index (χ1) is 13.2. The molecule has 0 radical (unpaired) electrons. The van der Waals surface area contributed by atoms with Crippen LogP contribution in [0.15, 0.2) is 24.3 Å². The average molecular weight is 387 g/mol. The van der Waals surface area contributed by atoms with Crippen molar-refractivity contribution in [1.82, 2.24) is 19.7 Å². The van der Waals surface area contributed by atoms with Gasteiger partial charge in [0, 0.05) is 32.1 Å². The number of hydrogen-bond acceptors (Lipinski definition) is 5. The fraction of sp³-hybridized carbons (Fsp3) is 0.619. The number of nitrogens with zero attached hydrogens (tertiary/aromatic N) is 4. The van der Waals surface area contributed by atoms with Crippen molar-refractivity contribution in [2.24, 2.45) is 0 Å². The van der Waals surface area contributed by atoms with Crippen LogP contribution < -0.4 is 0 Å². The molecule has 1 aromatic heterocycles. The second kappa shape index (κ2) is 8.25. The molecular weight excluding hydrogens is 356 g/mol. The Morgan fingerprint density at radius 1 is 1.15 bits per heavy atom. The maximum atomic E-state index is 12.9. The normalized spacial score (nSPS) is 21.6. The summed E-state index contributed by atoms with van der Waals surface area (Å²) < 4.78 is 1.28. The molecule has 2 fully saturated rings. The molecule has 0 bridgehead atoms. The molecule has 146 valence electrons. The van der Waals surface area contributed by atoms with E-state index >= 15 is 0 Å². The number of aromatic nitrogens is 1. The van der Waals surface area contributed by atoms with Crippen molar-refractivity contribution in [3.63, 3.8) is 0 Å². The fourth-order valence-electron chi connectivity index (χ4n) is 4.30. The first-order valence-corrected chi connectivity index (χ1v) is 11.1. The molecule has 27 heavy (non-hydrogen) atoms. The zero-order valence-corrected chi connectivity index (χ0v) is 17.2. The third-order valence-electron chi connectivity index (χ3n) is 6.23. The van der Waals surface area contributed by atoms with Crippen molar-refractivity contribution >= 4 is 27.5 Å². The summed E-state index contributed by atoms with van der Waals surface area (Å²) in [5.74, 6) is 0.846. The Labute approximate surface area is 166 Å². The lowest BCUT2D eigenvalue weighted by atomic mass is 9.96. The molecule has 0 N–H and O–H groups in total. The molecule has 5 nitrogen and oxygen atoms in total. The Kier molecular flexibility index (Phi) is 5.76. The van der Waals surface area contributed by atoms with E-state index in [1.54, 1.807) is 0 Å². The van der Waals surface area contributed by atoms with Crippen LogP contribution in [0.1, 0.15) is 37.6 Å². The van der Waals surface area contributed by atoms with E-state index in [2.05, 4.69) is 52.8 Å². The number of benzene rings is 1. The van der Waals surface area contributed by atoms with Gasteiger partial charge in [0.15, 0.2) is 0 Å². The first kappa shape index (κ1) is 18.8. The van der Waals surface area contributed by atoms with Gasteiger partial charge in [-0.1, -0.05) is 19.1 Å². The highest BCUT2D eigenvalue weighted by atomic mass is 32.1. The standard InChI is InChI=1S/C21H30N4OS/c1-3-23-12-14-25(15-13-23)21(26)16(2)24-10-8-17(9-11-24)20-22-18-6-4-5-7-19(18)27-20/h4-7,16-17H,3,8-15H2,1-2H3/t16-/m1/s1. The Balaban J connectivity index is 1.32. The van der Waals surface area contributed by atoms with Gasteiger partial charge in [0.2, 0.25) is 5.91 Å². The lowest BCUT2D eigenvalue weighted by Gasteiger charge is -2.39. The van der Waals surface area contributed by atoms with E-state index in [9.17, 15) is 4.79 Å².